The smallest absolute Gasteiger partial charge is 0.142 e. The molecule has 0 aliphatic carbocycles. The van der Waals surface area contributed by atoms with E-state index in [1.54, 1.807) is 29.9 Å². The number of aromatic nitrogens is 2. The lowest BCUT2D eigenvalue weighted by Crippen LogP contribution is -2.04. The third kappa shape index (κ3) is 2.54. The second kappa shape index (κ2) is 5.08. The number of benzene rings is 1. The van der Waals surface area contributed by atoms with E-state index in [0.29, 0.717) is 11.3 Å². The second-order valence-electron chi connectivity index (χ2n) is 4.27. The van der Waals surface area contributed by atoms with Crippen molar-refractivity contribution in [2.75, 3.05) is 0 Å². The van der Waals surface area contributed by atoms with E-state index in [2.05, 4.69) is 5.10 Å². The molecule has 2 aromatic rings. The summed E-state index contributed by atoms with van der Waals surface area (Å²) < 4.78 is 15.0. The zero-order valence-electron chi connectivity index (χ0n) is 10.2. The molecule has 0 spiro atoms. The van der Waals surface area contributed by atoms with Crippen molar-refractivity contribution in [2.24, 2.45) is 7.05 Å². The van der Waals surface area contributed by atoms with Crippen LogP contribution in [0.25, 0.3) is 0 Å². The Hall–Kier alpha value is -1.39. The molecule has 0 aliphatic heterocycles. The van der Waals surface area contributed by atoms with Crippen LogP contribution in [0.1, 0.15) is 23.1 Å². The average molecular weight is 269 g/mol. The molecule has 0 fully saturated rings. The molecule has 1 aromatic carbocycles. The summed E-state index contributed by atoms with van der Waals surface area (Å²) in [7, 11) is 1.81. The number of halogens is 2. The normalized spacial score (nSPS) is 12.7. The van der Waals surface area contributed by atoms with Gasteiger partial charge >= 0.3 is 0 Å². The van der Waals surface area contributed by atoms with Crippen LogP contribution in [0.5, 0.6) is 0 Å². The predicted octanol–water partition coefficient (Wildman–Crippen LogP) is 2.80. The number of rotatable bonds is 3. The van der Waals surface area contributed by atoms with Crippen LogP contribution in [-0.4, -0.2) is 14.9 Å². The molecule has 0 bridgehead atoms. The molecular weight excluding hydrogens is 255 g/mol. The first-order valence-corrected chi connectivity index (χ1v) is 5.98. The standard InChI is InChI=1S/C13H14ClFN2O/c1-8-6-11(16-17(8)2)12(18)7-9-4-3-5-10(15)13(9)14/h3-6,12,18H,7H2,1-2H3. The molecular formula is C13H14ClFN2O. The van der Waals surface area contributed by atoms with Gasteiger partial charge in [-0.3, -0.25) is 4.68 Å². The van der Waals surface area contributed by atoms with Crippen LogP contribution < -0.4 is 0 Å². The highest BCUT2D eigenvalue weighted by atomic mass is 35.5. The van der Waals surface area contributed by atoms with Crippen LogP contribution in [0, 0.1) is 12.7 Å². The van der Waals surface area contributed by atoms with E-state index in [9.17, 15) is 9.50 Å². The van der Waals surface area contributed by atoms with Crippen molar-refractivity contribution in [2.45, 2.75) is 19.4 Å². The molecule has 0 aliphatic rings. The fraction of sp³-hybridized carbons (Fsp3) is 0.308. The summed E-state index contributed by atoms with van der Waals surface area (Å²) in [6.45, 7) is 1.90. The summed E-state index contributed by atoms with van der Waals surface area (Å²) in [5.74, 6) is -0.474. The fourth-order valence-electron chi connectivity index (χ4n) is 1.77. The molecule has 2 rings (SSSR count). The summed E-state index contributed by atoms with van der Waals surface area (Å²) in [4.78, 5) is 0. The zero-order valence-corrected chi connectivity index (χ0v) is 10.9. The molecule has 18 heavy (non-hydrogen) atoms. The number of aryl methyl sites for hydroxylation is 2. The Labute approximate surface area is 110 Å². The van der Waals surface area contributed by atoms with Crippen LogP contribution in [0.4, 0.5) is 4.39 Å². The van der Waals surface area contributed by atoms with Gasteiger partial charge in [0.2, 0.25) is 0 Å². The van der Waals surface area contributed by atoms with Crippen molar-refractivity contribution in [3.8, 4) is 0 Å². The Morgan fingerprint density at radius 1 is 1.50 bits per heavy atom. The summed E-state index contributed by atoms with van der Waals surface area (Å²) in [5.41, 5.74) is 2.09. The number of hydrogen-bond acceptors (Lipinski definition) is 2. The van der Waals surface area contributed by atoms with Crippen LogP contribution in [0.2, 0.25) is 5.02 Å². The predicted molar refractivity (Wildman–Crippen MR) is 68.0 cm³/mol. The topological polar surface area (TPSA) is 38.1 Å². The van der Waals surface area contributed by atoms with Gasteiger partial charge in [0.05, 0.1) is 10.7 Å². The highest BCUT2D eigenvalue weighted by Crippen LogP contribution is 2.25. The van der Waals surface area contributed by atoms with Crippen molar-refractivity contribution in [3.05, 3.63) is 52.1 Å². The lowest BCUT2D eigenvalue weighted by atomic mass is 10.1. The maximum Gasteiger partial charge on any atom is 0.142 e. The minimum atomic E-state index is -0.788. The molecule has 0 amide bonds. The lowest BCUT2D eigenvalue weighted by Gasteiger charge is -2.09. The van der Waals surface area contributed by atoms with E-state index < -0.39 is 11.9 Å². The molecule has 96 valence electrons. The van der Waals surface area contributed by atoms with Crippen LogP contribution >= 0.6 is 11.6 Å². The summed E-state index contributed by atoms with van der Waals surface area (Å²) >= 11 is 5.85. The monoisotopic (exact) mass is 268 g/mol. The molecule has 1 heterocycles. The molecule has 1 aromatic heterocycles. The average Bonchev–Trinajstić information content (AvgIpc) is 2.66. The van der Waals surface area contributed by atoms with Gasteiger partial charge < -0.3 is 5.11 Å². The SMILES string of the molecule is Cc1cc(C(O)Cc2cccc(F)c2Cl)nn1C. The van der Waals surface area contributed by atoms with E-state index >= 15 is 0 Å². The van der Waals surface area contributed by atoms with Gasteiger partial charge in [0.15, 0.2) is 0 Å². The quantitative estimate of drug-likeness (QED) is 0.930. The molecule has 3 nitrogen and oxygen atoms in total. The fourth-order valence-corrected chi connectivity index (χ4v) is 1.97. The van der Waals surface area contributed by atoms with Crippen LogP contribution in [0.3, 0.4) is 0 Å². The maximum absolute atomic E-state index is 13.3. The first-order valence-electron chi connectivity index (χ1n) is 5.60. The van der Waals surface area contributed by atoms with Gasteiger partial charge in [-0.15, -0.1) is 0 Å². The van der Waals surface area contributed by atoms with Crippen molar-refractivity contribution < 1.29 is 9.50 Å². The molecule has 0 radical (unpaired) electrons. The molecule has 5 heteroatoms. The molecule has 0 saturated carbocycles. The molecule has 1 N–H and O–H groups in total. The minimum absolute atomic E-state index is 0.0594. The summed E-state index contributed by atoms with van der Waals surface area (Å²) in [6.07, 6.45) is -0.545. The van der Waals surface area contributed by atoms with Gasteiger partial charge in [-0.25, -0.2) is 4.39 Å². The molecule has 1 atom stereocenters. The first kappa shape index (κ1) is 13.1. The Balaban J connectivity index is 2.21. The largest absolute Gasteiger partial charge is 0.386 e. The van der Waals surface area contributed by atoms with Gasteiger partial charge in [-0.2, -0.15) is 5.10 Å². The zero-order chi connectivity index (χ0) is 13.3. The number of hydrogen-bond donors (Lipinski definition) is 1. The van der Waals surface area contributed by atoms with E-state index in [-0.39, 0.29) is 11.4 Å². The second-order valence-corrected chi connectivity index (χ2v) is 4.65. The number of aliphatic hydroxyl groups excluding tert-OH is 1. The Morgan fingerprint density at radius 3 is 2.83 bits per heavy atom. The van der Waals surface area contributed by atoms with Crippen molar-refractivity contribution in [1.82, 2.24) is 9.78 Å². The maximum atomic E-state index is 13.3. The van der Waals surface area contributed by atoms with Crippen molar-refractivity contribution >= 4 is 11.6 Å². The molecule has 0 saturated heterocycles. The van der Waals surface area contributed by atoms with Crippen LogP contribution in [-0.2, 0) is 13.5 Å². The van der Waals surface area contributed by atoms with E-state index in [1.807, 2.05) is 6.92 Å². The Morgan fingerprint density at radius 2 is 2.22 bits per heavy atom. The van der Waals surface area contributed by atoms with E-state index in [4.69, 9.17) is 11.6 Å². The van der Waals surface area contributed by atoms with E-state index in [0.717, 1.165) is 5.69 Å². The number of nitrogens with zero attached hydrogens (tertiary/aromatic N) is 2. The summed E-state index contributed by atoms with van der Waals surface area (Å²) in [5, 5.41) is 14.3. The highest BCUT2D eigenvalue weighted by Gasteiger charge is 2.15. The highest BCUT2D eigenvalue weighted by molar-refractivity contribution is 6.31. The first-order chi connectivity index (χ1) is 8.49. The van der Waals surface area contributed by atoms with Gasteiger partial charge in [0, 0.05) is 19.2 Å². The van der Waals surface area contributed by atoms with Gasteiger partial charge in [0.1, 0.15) is 11.9 Å². The third-order valence-electron chi connectivity index (χ3n) is 2.92. The van der Waals surface area contributed by atoms with Crippen LogP contribution in [0.15, 0.2) is 24.3 Å². The Bertz CT molecular complexity index is 549. The van der Waals surface area contributed by atoms with Gasteiger partial charge in [-0.1, -0.05) is 23.7 Å². The van der Waals surface area contributed by atoms with E-state index in [1.165, 1.54) is 6.07 Å². The number of aliphatic hydroxyl groups is 1. The Kier molecular flexibility index (Phi) is 3.68. The summed E-state index contributed by atoms with van der Waals surface area (Å²) in [6, 6.07) is 6.37. The third-order valence-corrected chi connectivity index (χ3v) is 3.34. The van der Waals surface area contributed by atoms with Gasteiger partial charge in [0.25, 0.3) is 0 Å². The lowest BCUT2D eigenvalue weighted by molar-refractivity contribution is 0.172. The molecule has 1 unspecified atom stereocenters. The van der Waals surface area contributed by atoms with Gasteiger partial charge in [-0.05, 0) is 24.6 Å². The van der Waals surface area contributed by atoms with Crippen molar-refractivity contribution in [3.63, 3.8) is 0 Å². The minimum Gasteiger partial charge on any atom is -0.386 e. The van der Waals surface area contributed by atoms with Crippen molar-refractivity contribution in [1.29, 1.82) is 0 Å².